The number of nitrogens with one attached hydrogen (secondary N) is 1. The number of alkyl halides is 1. The Morgan fingerprint density at radius 3 is 2.47 bits per heavy atom. The van der Waals surface area contributed by atoms with Gasteiger partial charge in [0.05, 0.1) is 27.1 Å². The van der Waals surface area contributed by atoms with Crippen LogP contribution in [0.3, 0.4) is 0 Å². The molecule has 156 valence electrons. The van der Waals surface area contributed by atoms with E-state index in [1.165, 1.54) is 42.5 Å². The van der Waals surface area contributed by atoms with Crippen LogP contribution < -0.4 is 10.1 Å². The van der Waals surface area contributed by atoms with Crippen molar-refractivity contribution >= 4 is 39.0 Å². The Morgan fingerprint density at radius 2 is 1.77 bits per heavy atom. The molecule has 1 unspecified atom stereocenters. The zero-order valence-electron chi connectivity index (χ0n) is 15.6. The maximum atomic E-state index is 12.6. The minimum Gasteiger partial charge on any atom is -0.478 e. The predicted octanol–water partition coefficient (Wildman–Crippen LogP) is 3.84. The van der Waals surface area contributed by atoms with Crippen molar-refractivity contribution in [3.63, 3.8) is 0 Å². The molecule has 2 N–H and O–H groups in total. The van der Waals surface area contributed by atoms with E-state index in [-0.39, 0.29) is 27.5 Å². The van der Waals surface area contributed by atoms with Crippen LogP contribution in [0.5, 0.6) is 5.75 Å². The molecule has 30 heavy (non-hydrogen) atoms. The number of para-hydroxylation sites is 2. The molecule has 7 nitrogen and oxygen atoms in total. The van der Waals surface area contributed by atoms with Crippen molar-refractivity contribution in [2.75, 3.05) is 11.3 Å². The standard InChI is InChI=1S/C21H18ClNO6S/c22-14-6-5-7-15(12-14)30(27,28)13-29-19-11-4-3-10-18(19)23-20(24)16-8-1-2-9-17(16)21(25)26/h1-5,7-12,14H,6,13H2,(H,23,24)(H,25,26). The van der Waals surface area contributed by atoms with E-state index in [9.17, 15) is 23.1 Å². The molecule has 0 saturated heterocycles. The Morgan fingerprint density at radius 1 is 1.10 bits per heavy atom. The van der Waals surface area contributed by atoms with Gasteiger partial charge in [0.1, 0.15) is 5.75 Å². The molecule has 9 heteroatoms. The van der Waals surface area contributed by atoms with Gasteiger partial charge in [-0.15, -0.1) is 11.6 Å². The molecule has 3 rings (SSSR count). The summed E-state index contributed by atoms with van der Waals surface area (Å²) in [5.74, 6) is -2.41. The summed E-state index contributed by atoms with van der Waals surface area (Å²) in [6.07, 6.45) is 5.16. The van der Waals surface area contributed by atoms with Crippen molar-refractivity contribution < 1.29 is 27.9 Å². The molecule has 2 aromatic rings. The fourth-order valence-corrected chi connectivity index (χ4v) is 4.19. The molecule has 0 spiro atoms. The maximum absolute atomic E-state index is 12.6. The second-order valence-electron chi connectivity index (χ2n) is 6.40. The molecule has 1 atom stereocenters. The molecule has 2 aromatic carbocycles. The molecular weight excluding hydrogens is 430 g/mol. The highest BCUT2D eigenvalue weighted by Crippen LogP contribution is 2.27. The number of anilines is 1. The van der Waals surface area contributed by atoms with Crippen LogP contribution in [0.4, 0.5) is 5.69 Å². The van der Waals surface area contributed by atoms with Crippen LogP contribution in [0.2, 0.25) is 0 Å². The van der Waals surface area contributed by atoms with Gasteiger partial charge >= 0.3 is 5.97 Å². The monoisotopic (exact) mass is 447 g/mol. The van der Waals surface area contributed by atoms with Crippen molar-refractivity contribution in [2.45, 2.75) is 11.8 Å². The lowest BCUT2D eigenvalue weighted by molar-refractivity contribution is 0.0692. The smallest absolute Gasteiger partial charge is 0.336 e. The summed E-state index contributed by atoms with van der Waals surface area (Å²) in [5.41, 5.74) is 0.0296. The normalized spacial score (nSPS) is 15.9. The van der Waals surface area contributed by atoms with Crippen molar-refractivity contribution in [1.82, 2.24) is 0 Å². The van der Waals surface area contributed by atoms with Gasteiger partial charge in [0.15, 0.2) is 5.94 Å². The zero-order valence-corrected chi connectivity index (χ0v) is 17.2. The van der Waals surface area contributed by atoms with Crippen molar-refractivity contribution in [3.05, 3.63) is 82.8 Å². The van der Waals surface area contributed by atoms with Crippen LogP contribution in [-0.2, 0) is 9.84 Å². The summed E-state index contributed by atoms with van der Waals surface area (Å²) in [7, 11) is -3.75. The minimum absolute atomic E-state index is 0.0296. The summed E-state index contributed by atoms with van der Waals surface area (Å²) in [4.78, 5) is 24.0. The summed E-state index contributed by atoms with van der Waals surface area (Å²) in [6.45, 7) is 0. The first-order valence-electron chi connectivity index (χ1n) is 8.88. The highest BCUT2D eigenvalue weighted by Gasteiger charge is 2.22. The lowest BCUT2D eigenvalue weighted by Crippen LogP contribution is -2.19. The Kier molecular flexibility index (Phi) is 6.59. The Balaban J connectivity index is 1.78. The van der Waals surface area contributed by atoms with E-state index >= 15 is 0 Å². The molecule has 0 fully saturated rings. The largest absolute Gasteiger partial charge is 0.478 e. The van der Waals surface area contributed by atoms with E-state index in [1.807, 2.05) is 0 Å². The van der Waals surface area contributed by atoms with Gasteiger partial charge in [-0.25, -0.2) is 13.2 Å². The molecule has 1 amide bonds. The lowest BCUT2D eigenvalue weighted by atomic mass is 10.1. The van der Waals surface area contributed by atoms with Gasteiger partial charge in [0.2, 0.25) is 9.84 Å². The number of allylic oxidation sites excluding steroid dienone is 3. The SMILES string of the molecule is O=C(O)c1ccccc1C(=O)Nc1ccccc1OCS(=O)(=O)C1=CC(Cl)CC=C1. The van der Waals surface area contributed by atoms with E-state index in [4.69, 9.17) is 16.3 Å². The lowest BCUT2D eigenvalue weighted by Gasteiger charge is -2.15. The molecule has 0 aliphatic heterocycles. The van der Waals surface area contributed by atoms with Crippen LogP contribution in [0.15, 0.2) is 71.7 Å². The molecule has 0 heterocycles. The third kappa shape index (κ3) is 5.08. The summed E-state index contributed by atoms with van der Waals surface area (Å²) in [6, 6.07) is 12.1. The highest BCUT2D eigenvalue weighted by atomic mass is 35.5. The quantitative estimate of drug-likeness (QED) is 0.624. The van der Waals surface area contributed by atoms with Gasteiger partial charge in [0.25, 0.3) is 5.91 Å². The average molecular weight is 448 g/mol. The Hall–Kier alpha value is -3.10. The molecule has 0 bridgehead atoms. The van der Waals surface area contributed by atoms with Crippen molar-refractivity contribution in [3.8, 4) is 5.75 Å². The van der Waals surface area contributed by atoms with Crippen LogP contribution in [0.25, 0.3) is 0 Å². The zero-order chi connectivity index (χ0) is 21.7. The number of carbonyl (C=O) groups excluding carboxylic acids is 1. The number of benzene rings is 2. The summed E-state index contributed by atoms with van der Waals surface area (Å²) in [5, 5.41) is 11.4. The predicted molar refractivity (Wildman–Crippen MR) is 114 cm³/mol. The first kappa shape index (κ1) is 21.6. The molecule has 0 aromatic heterocycles. The number of carbonyl (C=O) groups is 2. The number of carboxylic acid groups (broad SMARTS) is 1. The van der Waals surface area contributed by atoms with Crippen LogP contribution in [-0.4, -0.2) is 36.7 Å². The third-order valence-electron chi connectivity index (χ3n) is 4.25. The molecule has 0 saturated carbocycles. The molecular formula is C21H18ClNO6S. The van der Waals surface area contributed by atoms with E-state index in [2.05, 4.69) is 5.32 Å². The van der Waals surface area contributed by atoms with E-state index in [0.29, 0.717) is 6.42 Å². The van der Waals surface area contributed by atoms with E-state index < -0.39 is 33.0 Å². The number of carboxylic acids is 1. The van der Waals surface area contributed by atoms with Gasteiger partial charge in [-0.1, -0.05) is 30.3 Å². The van der Waals surface area contributed by atoms with Crippen molar-refractivity contribution in [1.29, 1.82) is 0 Å². The van der Waals surface area contributed by atoms with E-state index in [1.54, 1.807) is 24.3 Å². The maximum Gasteiger partial charge on any atom is 0.336 e. The first-order valence-corrected chi connectivity index (χ1v) is 11.0. The van der Waals surface area contributed by atoms with Gasteiger partial charge in [-0.3, -0.25) is 4.79 Å². The van der Waals surface area contributed by atoms with Crippen LogP contribution in [0, 0.1) is 0 Å². The number of hydrogen-bond donors (Lipinski definition) is 2. The topological polar surface area (TPSA) is 110 Å². The number of rotatable bonds is 7. The average Bonchev–Trinajstić information content (AvgIpc) is 2.73. The molecule has 1 aliphatic rings. The van der Waals surface area contributed by atoms with Crippen molar-refractivity contribution in [2.24, 2.45) is 0 Å². The van der Waals surface area contributed by atoms with Gasteiger partial charge in [0, 0.05) is 0 Å². The van der Waals surface area contributed by atoms with E-state index in [0.717, 1.165) is 0 Å². The van der Waals surface area contributed by atoms with Crippen LogP contribution >= 0.6 is 11.6 Å². The number of hydrogen-bond acceptors (Lipinski definition) is 5. The van der Waals surface area contributed by atoms with Gasteiger partial charge < -0.3 is 15.2 Å². The van der Waals surface area contributed by atoms with Gasteiger partial charge in [-0.2, -0.15) is 0 Å². The summed E-state index contributed by atoms with van der Waals surface area (Å²) < 4.78 is 30.5. The fourth-order valence-electron chi connectivity index (χ4n) is 2.79. The fraction of sp³-hybridized carbons (Fsp3) is 0.143. The summed E-state index contributed by atoms with van der Waals surface area (Å²) >= 11 is 5.99. The Labute approximate surface area is 178 Å². The molecule has 1 aliphatic carbocycles. The second kappa shape index (κ2) is 9.15. The molecule has 0 radical (unpaired) electrons. The third-order valence-corrected chi connectivity index (χ3v) is 5.98. The minimum atomic E-state index is -3.75. The number of ether oxygens (including phenoxy) is 1. The number of halogens is 1. The second-order valence-corrected chi connectivity index (χ2v) is 8.90. The first-order chi connectivity index (χ1) is 14.3. The number of amides is 1. The van der Waals surface area contributed by atoms with Crippen LogP contribution in [0.1, 0.15) is 27.1 Å². The highest BCUT2D eigenvalue weighted by molar-refractivity contribution is 7.95. The van der Waals surface area contributed by atoms with Gasteiger partial charge in [-0.05, 0) is 42.8 Å². The Bertz CT molecular complexity index is 1140. The number of aromatic carboxylic acids is 1. The number of sulfone groups is 1.